The summed E-state index contributed by atoms with van der Waals surface area (Å²) in [5.74, 6) is 2.31. The van der Waals surface area contributed by atoms with Gasteiger partial charge in [0.05, 0.1) is 11.4 Å². The van der Waals surface area contributed by atoms with Gasteiger partial charge in [0, 0.05) is 18.4 Å². The molecule has 2 amide bonds. The number of hydrogen-bond donors (Lipinski definition) is 2. The van der Waals surface area contributed by atoms with Crippen LogP contribution in [0.3, 0.4) is 0 Å². The Labute approximate surface area is 215 Å². The molecular formula is C31H39N3O2. The maximum absolute atomic E-state index is 13.9. The van der Waals surface area contributed by atoms with Gasteiger partial charge in [-0.1, -0.05) is 50.2 Å². The van der Waals surface area contributed by atoms with E-state index in [-0.39, 0.29) is 28.6 Å². The van der Waals surface area contributed by atoms with Gasteiger partial charge in [-0.25, -0.2) is 0 Å². The van der Waals surface area contributed by atoms with Crippen molar-refractivity contribution in [3.8, 4) is 0 Å². The van der Waals surface area contributed by atoms with E-state index >= 15 is 0 Å². The summed E-state index contributed by atoms with van der Waals surface area (Å²) in [6.45, 7) is 4.84. The molecule has 0 radical (unpaired) electrons. The van der Waals surface area contributed by atoms with Gasteiger partial charge >= 0.3 is 0 Å². The average Bonchev–Trinajstić information content (AvgIpc) is 3.26. The molecule has 2 N–H and O–H groups in total. The van der Waals surface area contributed by atoms with Gasteiger partial charge in [0.15, 0.2) is 0 Å². The number of para-hydroxylation sites is 2. The topological polar surface area (TPSA) is 61.4 Å². The van der Waals surface area contributed by atoms with Gasteiger partial charge in [0.2, 0.25) is 11.8 Å². The molecule has 4 fully saturated rings. The van der Waals surface area contributed by atoms with Crippen molar-refractivity contribution in [3.63, 3.8) is 0 Å². The van der Waals surface area contributed by atoms with Crippen LogP contribution in [0.5, 0.6) is 0 Å². The summed E-state index contributed by atoms with van der Waals surface area (Å²) in [6, 6.07) is 20.5. The number of amides is 2. The molecule has 3 saturated carbocycles. The first-order chi connectivity index (χ1) is 17.4. The fourth-order valence-corrected chi connectivity index (χ4v) is 8.75. The van der Waals surface area contributed by atoms with Crippen molar-refractivity contribution in [1.29, 1.82) is 0 Å². The fourth-order valence-electron chi connectivity index (χ4n) is 8.75. The molecule has 5 heteroatoms. The van der Waals surface area contributed by atoms with Crippen LogP contribution in [0.2, 0.25) is 0 Å². The first-order valence-electron chi connectivity index (χ1n) is 13.9. The van der Waals surface area contributed by atoms with Gasteiger partial charge in [-0.3, -0.25) is 20.0 Å². The summed E-state index contributed by atoms with van der Waals surface area (Å²) in [4.78, 5) is 26.1. The van der Waals surface area contributed by atoms with E-state index in [1.807, 2.05) is 65.7 Å². The normalized spacial score (nSPS) is 37.2. The highest BCUT2D eigenvalue weighted by Crippen LogP contribution is 2.65. The number of nitrogens with zero attached hydrogens (tertiary/aromatic N) is 1. The van der Waals surface area contributed by atoms with Crippen LogP contribution in [0.1, 0.15) is 65.2 Å². The summed E-state index contributed by atoms with van der Waals surface area (Å²) < 4.78 is 0. The van der Waals surface area contributed by atoms with Crippen molar-refractivity contribution in [2.45, 2.75) is 71.3 Å². The molecule has 0 spiro atoms. The summed E-state index contributed by atoms with van der Waals surface area (Å²) in [7, 11) is 0. The molecule has 1 aliphatic heterocycles. The van der Waals surface area contributed by atoms with Crippen molar-refractivity contribution in [2.24, 2.45) is 34.5 Å². The van der Waals surface area contributed by atoms with Crippen LogP contribution < -0.4 is 15.8 Å². The van der Waals surface area contributed by atoms with Crippen LogP contribution in [0.4, 0.5) is 11.4 Å². The van der Waals surface area contributed by atoms with Crippen LogP contribution in [0, 0.1) is 34.5 Å². The number of rotatable bonds is 4. The summed E-state index contributed by atoms with van der Waals surface area (Å²) in [6.07, 6.45) is 8.32. The number of anilines is 2. The number of fused-ring (bicyclic) bond motifs is 5. The molecule has 3 unspecified atom stereocenters. The van der Waals surface area contributed by atoms with E-state index in [1.165, 1.54) is 12.8 Å². The second-order valence-corrected chi connectivity index (χ2v) is 12.2. The predicted molar refractivity (Wildman–Crippen MR) is 142 cm³/mol. The maximum Gasteiger partial charge on any atom is 0.242 e. The van der Waals surface area contributed by atoms with Crippen molar-refractivity contribution in [3.05, 3.63) is 60.7 Å². The Morgan fingerprint density at radius 3 is 2.14 bits per heavy atom. The highest BCUT2D eigenvalue weighted by atomic mass is 16.2. The number of nitrogens with one attached hydrogen (secondary N) is 2. The van der Waals surface area contributed by atoms with Crippen molar-refractivity contribution >= 4 is 23.2 Å². The Morgan fingerprint density at radius 1 is 0.833 bits per heavy atom. The number of hydrazine groups is 1. The monoisotopic (exact) mass is 485 g/mol. The molecule has 1 heterocycles. The fraction of sp³-hybridized carbons (Fsp3) is 0.548. The van der Waals surface area contributed by atoms with Gasteiger partial charge in [-0.2, -0.15) is 0 Å². The van der Waals surface area contributed by atoms with E-state index < -0.39 is 0 Å². The van der Waals surface area contributed by atoms with E-state index in [0.717, 1.165) is 43.5 Å². The molecule has 4 aliphatic rings. The molecule has 5 nitrogen and oxygen atoms in total. The number of piperidine rings is 1. The van der Waals surface area contributed by atoms with Crippen LogP contribution in [-0.4, -0.2) is 17.9 Å². The molecule has 6 rings (SSSR count). The summed E-state index contributed by atoms with van der Waals surface area (Å²) in [5.41, 5.74) is 5.49. The van der Waals surface area contributed by atoms with Gasteiger partial charge in [-0.05, 0) is 97.8 Å². The number of benzene rings is 2. The molecule has 36 heavy (non-hydrogen) atoms. The Hall–Kier alpha value is -2.82. The maximum atomic E-state index is 13.9. The quantitative estimate of drug-likeness (QED) is 0.523. The molecule has 1 saturated heterocycles. The second kappa shape index (κ2) is 8.93. The Bertz CT molecular complexity index is 1080. The third kappa shape index (κ3) is 3.74. The molecule has 0 aromatic heterocycles. The molecule has 7 atom stereocenters. The zero-order valence-electron chi connectivity index (χ0n) is 21.6. The smallest absolute Gasteiger partial charge is 0.242 e. The average molecular weight is 486 g/mol. The van der Waals surface area contributed by atoms with Gasteiger partial charge in [-0.15, -0.1) is 0 Å². The Morgan fingerprint density at radius 2 is 1.47 bits per heavy atom. The molecule has 190 valence electrons. The number of hydrogen-bond acceptors (Lipinski definition) is 3. The standard InChI is InChI=1S/C31H39N3O2/c1-30-19-17-25-23(13-16-27-31(25,2)20-18-28(35)32-27)24(30)14-15-26(30)29(36)33-34(21-9-5-3-6-10-21)22-11-7-4-8-12-22/h3-12,23-27H,13-20H2,1-2H3,(H,32,35)(H,33,36)/t23?,24?,25?,26-,27-,30+,31-/m1/s1. The van der Waals surface area contributed by atoms with Crippen LogP contribution in [-0.2, 0) is 9.59 Å². The summed E-state index contributed by atoms with van der Waals surface area (Å²) in [5, 5.41) is 5.28. The number of carbonyl (C=O) groups is 2. The molecule has 0 bridgehead atoms. The minimum atomic E-state index is 0.0231. The van der Waals surface area contributed by atoms with Crippen molar-refractivity contribution in [2.75, 3.05) is 5.01 Å². The lowest BCUT2D eigenvalue weighted by Crippen LogP contribution is -2.61. The minimum absolute atomic E-state index is 0.0231. The van der Waals surface area contributed by atoms with Gasteiger partial charge in [0.1, 0.15) is 0 Å². The third-order valence-electron chi connectivity index (χ3n) is 10.7. The first kappa shape index (κ1) is 23.6. The number of carbonyl (C=O) groups excluding carboxylic acids is 2. The zero-order chi connectivity index (χ0) is 24.9. The van der Waals surface area contributed by atoms with Gasteiger partial charge < -0.3 is 5.32 Å². The SMILES string of the molecule is C[C@]12CCC3C(CC[C@H]4NC(=O)CC[C@]34C)C1CC[C@@H]2C(=O)NN(c1ccccc1)c1ccccc1. The lowest BCUT2D eigenvalue weighted by molar-refractivity contribution is -0.141. The van der Waals surface area contributed by atoms with Crippen molar-refractivity contribution < 1.29 is 9.59 Å². The second-order valence-electron chi connectivity index (χ2n) is 12.2. The first-order valence-corrected chi connectivity index (χ1v) is 13.9. The molecule has 2 aromatic carbocycles. The lowest BCUT2D eigenvalue weighted by Gasteiger charge is -2.60. The van der Waals surface area contributed by atoms with E-state index in [0.29, 0.717) is 30.2 Å². The predicted octanol–water partition coefficient (Wildman–Crippen LogP) is 5.99. The van der Waals surface area contributed by atoms with Crippen LogP contribution in [0.15, 0.2) is 60.7 Å². The Kier molecular flexibility index (Phi) is 5.85. The highest BCUT2D eigenvalue weighted by Gasteiger charge is 2.61. The van der Waals surface area contributed by atoms with E-state index in [1.54, 1.807) is 0 Å². The highest BCUT2D eigenvalue weighted by molar-refractivity contribution is 5.84. The largest absolute Gasteiger partial charge is 0.353 e. The van der Waals surface area contributed by atoms with E-state index in [9.17, 15) is 9.59 Å². The molecular weight excluding hydrogens is 446 g/mol. The van der Waals surface area contributed by atoms with Crippen LogP contribution in [0.25, 0.3) is 0 Å². The molecule has 3 aliphatic carbocycles. The van der Waals surface area contributed by atoms with E-state index in [4.69, 9.17) is 0 Å². The van der Waals surface area contributed by atoms with E-state index in [2.05, 4.69) is 24.6 Å². The minimum Gasteiger partial charge on any atom is -0.353 e. The lowest BCUT2D eigenvalue weighted by atomic mass is 9.47. The Balaban J connectivity index is 1.23. The van der Waals surface area contributed by atoms with Gasteiger partial charge in [0.25, 0.3) is 0 Å². The molecule has 2 aromatic rings. The third-order valence-corrected chi connectivity index (χ3v) is 10.7. The summed E-state index contributed by atoms with van der Waals surface area (Å²) >= 11 is 0. The van der Waals surface area contributed by atoms with Crippen LogP contribution >= 0.6 is 0 Å². The van der Waals surface area contributed by atoms with Crippen molar-refractivity contribution in [1.82, 2.24) is 10.7 Å². The zero-order valence-corrected chi connectivity index (χ0v) is 21.6.